The Hall–Kier alpha value is -2.24. The fourth-order valence-corrected chi connectivity index (χ4v) is 1.00. The Labute approximate surface area is 91.6 Å². The van der Waals surface area contributed by atoms with Gasteiger partial charge in [-0.25, -0.2) is 4.79 Å². The molecular weight excluding hydrogens is 212 g/mol. The van der Waals surface area contributed by atoms with Crippen molar-refractivity contribution in [2.24, 2.45) is 5.18 Å². The van der Waals surface area contributed by atoms with Gasteiger partial charge in [-0.15, -0.1) is 4.91 Å². The van der Waals surface area contributed by atoms with Gasteiger partial charge in [-0.2, -0.15) is 0 Å². The summed E-state index contributed by atoms with van der Waals surface area (Å²) in [7, 11) is 0. The molecule has 0 fully saturated rings. The maximum atomic E-state index is 11.2. The first-order valence-corrected chi connectivity index (χ1v) is 4.55. The molecular formula is C10H10N2O4. The van der Waals surface area contributed by atoms with Gasteiger partial charge in [0.05, 0.1) is 6.61 Å². The molecule has 0 saturated heterocycles. The first-order chi connectivity index (χ1) is 7.70. The number of nitroso groups, excluding NO2 is 1. The summed E-state index contributed by atoms with van der Waals surface area (Å²) in [6, 6.07) is 4.68. The minimum absolute atomic E-state index is 0.0881. The zero-order valence-corrected chi connectivity index (χ0v) is 8.58. The van der Waals surface area contributed by atoms with Crippen molar-refractivity contribution in [1.82, 2.24) is 4.98 Å². The smallest absolute Gasteiger partial charge is 0.364 e. The predicted molar refractivity (Wildman–Crippen MR) is 56.2 cm³/mol. The van der Waals surface area contributed by atoms with Gasteiger partial charge in [0.15, 0.2) is 5.76 Å². The van der Waals surface area contributed by atoms with Crippen LogP contribution in [0.4, 0.5) is 0 Å². The number of aliphatic hydroxyl groups excluding tert-OH is 1. The fraction of sp³-hybridized carbons (Fsp3) is 0.200. The Balaban J connectivity index is 3.09. The molecule has 6 heteroatoms. The van der Waals surface area contributed by atoms with Crippen LogP contribution >= 0.6 is 0 Å². The van der Waals surface area contributed by atoms with E-state index < -0.39 is 17.4 Å². The minimum atomic E-state index is -0.972. The Morgan fingerprint density at radius 3 is 2.81 bits per heavy atom. The van der Waals surface area contributed by atoms with Gasteiger partial charge in [-0.1, -0.05) is 6.07 Å². The highest BCUT2D eigenvalue weighted by molar-refractivity contribution is 5.95. The lowest BCUT2D eigenvalue weighted by Crippen LogP contribution is -2.08. The predicted octanol–water partition coefficient (Wildman–Crippen LogP) is 1.64. The van der Waals surface area contributed by atoms with E-state index in [0.717, 1.165) is 0 Å². The minimum Gasteiger partial charge on any atom is -0.504 e. The first kappa shape index (κ1) is 11.8. The third-order valence-electron chi connectivity index (χ3n) is 1.69. The van der Waals surface area contributed by atoms with Gasteiger partial charge in [0, 0.05) is 6.20 Å². The van der Waals surface area contributed by atoms with Crippen molar-refractivity contribution in [3.05, 3.63) is 40.7 Å². The molecule has 1 rings (SSSR count). The molecule has 1 heterocycles. The summed E-state index contributed by atoms with van der Waals surface area (Å²) < 4.78 is 4.56. The molecule has 0 radical (unpaired) electrons. The number of aliphatic hydroxyl groups is 1. The summed E-state index contributed by atoms with van der Waals surface area (Å²) in [6.07, 6.45) is 1.42. The number of hydrogen-bond acceptors (Lipinski definition) is 6. The van der Waals surface area contributed by atoms with Crippen molar-refractivity contribution in [2.45, 2.75) is 6.92 Å². The molecule has 0 bridgehead atoms. The van der Waals surface area contributed by atoms with Gasteiger partial charge in [0.1, 0.15) is 5.69 Å². The number of carbonyl (C=O) groups is 1. The third-order valence-corrected chi connectivity index (χ3v) is 1.69. The monoisotopic (exact) mass is 222 g/mol. The lowest BCUT2D eigenvalue weighted by Gasteiger charge is -2.02. The van der Waals surface area contributed by atoms with Crippen LogP contribution in [0.15, 0.2) is 35.3 Å². The SMILES string of the molecule is CCOC(=O)/C(N=O)=C(\O)c1ccccn1. The van der Waals surface area contributed by atoms with E-state index in [1.165, 1.54) is 12.3 Å². The molecule has 84 valence electrons. The second-order valence-corrected chi connectivity index (χ2v) is 2.72. The Kier molecular flexibility index (Phi) is 4.14. The van der Waals surface area contributed by atoms with Gasteiger partial charge < -0.3 is 9.84 Å². The summed E-state index contributed by atoms with van der Waals surface area (Å²) in [5.74, 6) is -1.56. The quantitative estimate of drug-likeness (QED) is 0.362. The number of carbonyl (C=O) groups excluding carboxylic acids is 1. The van der Waals surface area contributed by atoms with E-state index in [2.05, 4.69) is 14.9 Å². The van der Waals surface area contributed by atoms with Crippen LogP contribution in [0.5, 0.6) is 0 Å². The van der Waals surface area contributed by atoms with Crippen molar-refractivity contribution >= 4 is 11.7 Å². The number of aromatic nitrogens is 1. The molecule has 0 saturated carbocycles. The van der Waals surface area contributed by atoms with Crippen LogP contribution in [0.3, 0.4) is 0 Å². The molecule has 16 heavy (non-hydrogen) atoms. The van der Waals surface area contributed by atoms with E-state index in [0.29, 0.717) is 0 Å². The molecule has 0 unspecified atom stereocenters. The van der Waals surface area contributed by atoms with Crippen molar-refractivity contribution in [1.29, 1.82) is 0 Å². The van der Waals surface area contributed by atoms with Crippen molar-refractivity contribution in [3.63, 3.8) is 0 Å². The Morgan fingerprint density at radius 2 is 2.31 bits per heavy atom. The molecule has 1 aromatic heterocycles. The van der Waals surface area contributed by atoms with Crippen LogP contribution in [0.25, 0.3) is 5.76 Å². The molecule has 0 aliphatic carbocycles. The summed E-state index contributed by atoms with van der Waals surface area (Å²) in [6.45, 7) is 1.67. The molecule has 0 amide bonds. The normalized spacial score (nSPS) is 11.6. The highest BCUT2D eigenvalue weighted by atomic mass is 16.5. The Morgan fingerprint density at radius 1 is 1.56 bits per heavy atom. The number of pyridine rings is 1. The van der Waals surface area contributed by atoms with Gasteiger partial charge in [0.25, 0.3) is 0 Å². The van der Waals surface area contributed by atoms with E-state index in [-0.39, 0.29) is 12.3 Å². The summed E-state index contributed by atoms with van der Waals surface area (Å²) >= 11 is 0. The Bertz CT molecular complexity index is 414. The molecule has 0 aromatic carbocycles. The number of rotatable bonds is 4. The largest absolute Gasteiger partial charge is 0.504 e. The molecule has 1 N–H and O–H groups in total. The standard InChI is InChI=1S/C10H10N2O4/c1-2-16-10(14)8(12-15)9(13)7-5-3-4-6-11-7/h3-6,13H,2H2,1H3/b9-8+. The lowest BCUT2D eigenvalue weighted by molar-refractivity contribution is -0.138. The highest BCUT2D eigenvalue weighted by Gasteiger charge is 2.19. The number of hydrogen-bond donors (Lipinski definition) is 1. The molecule has 0 atom stereocenters. The summed E-state index contributed by atoms with van der Waals surface area (Å²) in [5, 5.41) is 12.0. The van der Waals surface area contributed by atoms with Crippen LogP contribution in [0.1, 0.15) is 12.6 Å². The van der Waals surface area contributed by atoms with Gasteiger partial charge in [-0.05, 0) is 24.2 Å². The average molecular weight is 222 g/mol. The fourth-order valence-electron chi connectivity index (χ4n) is 1.00. The number of esters is 1. The topological polar surface area (TPSA) is 88.8 Å². The van der Waals surface area contributed by atoms with E-state index in [1.807, 2.05) is 0 Å². The van der Waals surface area contributed by atoms with Crippen LogP contribution in [0, 0.1) is 4.91 Å². The molecule has 0 spiro atoms. The molecule has 1 aromatic rings. The summed E-state index contributed by atoms with van der Waals surface area (Å²) in [5.41, 5.74) is -0.592. The van der Waals surface area contributed by atoms with Crippen LogP contribution < -0.4 is 0 Å². The molecule has 6 nitrogen and oxygen atoms in total. The maximum absolute atomic E-state index is 11.2. The second-order valence-electron chi connectivity index (χ2n) is 2.72. The zero-order chi connectivity index (χ0) is 12.0. The van der Waals surface area contributed by atoms with Gasteiger partial charge >= 0.3 is 5.97 Å². The van der Waals surface area contributed by atoms with Crippen molar-refractivity contribution < 1.29 is 14.6 Å². The van der Waals surface area contributed by atoms with E-state index in [9.17, 15) is 14.8 Å². The van der Waals surface area contributed by atoms with E-state index in [4.69, 9.17) is 0 Å². The van der Waals surface area contributed by atoms with E-state index in [1.54, 1.807) is 19.1 Å². The highest BCUT2D eigenvalue weighted by Crippen LogP contribution is 2.15. The second kappa shape index (κ2) is 5.59. The van der Waals surface area contributed by atoms with Crippen molar-refractivity contribution in [2.75, 3.05) is 6.61 Å². The number of ether oxygens (including phenoxy) is 1. The third kappa shape index (κ3) is 2.63. The average Bonchev–Trinajstić information content (AvgIpc) is 2.31. The van der Waals surface area contributed by atoms with Crippen LogP contribution in [-0.4, -0.2) is 22.7 Å². The van der Waals surface area contributed by atoms with Crippen LogP contribution in [0.2, 0.25) is 0 Å². The number of nitrogens with zero attached hydrogens (tertiary/aromatic N) is 2. The lowest BCUT2D eigenvalue weighted by atomic mass is 10.2. The molecule has 0 aliphatic rings. The van der Waals surface area contributed by atoms with Crippen LogP contribution in [-0.2, 0) is 9.53 Å². The van der Waals surface area contributed by atoms with Crippen molar-refractivity contribution in [3.8, 4) is 0 Å². The zero-order valence-electron chi connectivity index (χ0n) is 8.58. The summed E-state index contributed by atoms with van der Waals surface area (Å²) in [4.78, 5) is 25.4. The molecule has 0 aliphatic heterocycles. The maximum Gasteiger partial charge on any atom is 0.364 e. The van der Waals surface area contributed by atoms with E-state index >= 15 is 0 Å². The first-order valence-electron chi connectivity index (χ1n) is 4.55. The van der Waals surface area contributed by atoms with Gasteiger partial charge in [0.2, 0.25) is 5.70 Å². The van der Waals surface area contributed by atoms with Gasteiger partial charge in [-0.3, -0.25) is 4.98 Å².